The molecule has 1 nitrogen and oxygen atoms in total. The maximum atomic E-state index is 13.6. The first kappa shape index (κ1) is 10.6. The van der Waals surface area contributed by atoms with Crippen LogP contribution in [0, 0.1) is 18.6 Å². The van der Waals surface area contributed by atoms with Gasteiger partial charge in [0.2, 0.25) is 0 Å². The fourth-order valence-electron chi connectivity index (χ4n) is 1.65. The lowest BCUT2D eigenvalue weighted by molar-refractivity contribution is 0.603. The highest BCUT2D eigenvalue weighted by molar-refractivity contribution is 5.73. The Kier molecular flexibility index (Phi) is 2.60. The molecule has 2 rings (SSSR count). The summed E-state index contributed by atoms with van der Waals surface area (Å²) in [6.07, 6.45) is 0. The van der Waals surface area contributed by atoms with E-state index in [1.807, 2.05) is 0 Å². The molecule has 0 saturated heterocycles. The molecule has 0 unspecified atom stereocenters. The number of nitrogen functional groups attached to an aromatic ring is 1. The summed E-state index contributed by atoms with van der Waals surface area (Å²) in [5.74, 6) is -0.909. The van der Waals surface area contributed by atoms with E-state index < -0.39 is 11.6 Å². The topological polar surface area (TPSA) is 26.0 Å². The van der Waals surface area contributed by atoms with Crippen LogP contribution >= 0.6 is 0 Å². The third kappa shape index (κ3) is 1.76. The van der Waals surface area contributed by atoms with Crippen LogP contribution in [0.15, 0.2) is 36.4 Å². The Bertz CT molecular complexity index is 535. The van der Waals surface area contributed by atoms with Gasteiger partial charge in [0, 0.05) is 11.3 Å². The highest BCUT2D eigenvalue weighted by atomic mass is 19.1. The van der Waals surface area contributed by atoms with Crippen molar-refractivity contribution in [3.8, 4) is 11.1 Å². The Morgan fingerprint density at radius 2 is 1.75 bits per heavy atom. The van der Waals surface area contributed by atoms with Crippen molar-refractivity contribution in [1.29, 1.82) is 0 Å². The first-order valence-electron chi connectivity index (χ1n) is 4.90. The van der Waals surface area contributed by atoms with E-state index in [-0.39, 0.29) is 5.56 Å². The van der Waals surface area contributed by atoms with Crippen molar-refractivity contribution in [2.75, 3.05) is 5.73 Å². The van der Waals surface area contributed by atoms with Crippen molar-refractivity contribution in [2.24, 2.45) is 0 Å². The molecule has 3 heteroatoms. The Labute approximate surface area is 92.5 Å². The number of hydrogen-bond donors (Lipinski definition) is 1. The minimum Gasteiger partial charge on any atom is -0.398 e. The van der Waals surface area contributed by atoms with Gasteiger partial charge in [0.25, 0.3) is 0 Å². The molecule has 0 amide bonds. The van der Waals surface area contributed by atoms with E-state index in [4.69, 9.17) is 5.73 Å². The predicted molar refractivity (Wildman–Crippen MR) is 60.9 cm³/mol. The minimum atomic E-state index is -0.460. The fourth-order valence-corrected chi connectivity index (χ4v) is 1.65. The van der Waals surface area contributed by atoms with Gasteiger partial charge in [-0.3, -0.25) is 0 Å². The molecule has 0 fully saturated rings. The van der Waals surface area contributed by atoms with Gasteiger partial charge in [-0.1, -0.05) is 12.1 Å². The number of rotatable bonds is 1. The van der Waals surface area contributed by atoms with Crippen molar-refractivity contribution in [3.05, 3.63) is 53.6 Å². The van der Waals surface area contributed by atoms with E-state index >= 15 is 0 Å². The van der Waals surface area contributed by atoms with Gasteiger partial charge in [0.1, 0.15) is 11.6 Å². The number of nitrogens with two attached hydrogens (primary N) is 1. The van der Waals surface area contributed by atoms with Crippen LogP contribution in [-0.2, 0) is 0 Å². The van der Waals surface area contributed by atoms with Gasteiger partial charge in [0.15, 0.2) is 0 Å². The van der Waals surface area contributed by atoms with Crippen LogP contribution in [0.3, 0.4) is 0 Å². The molecule has 2 N–H and O–H groups in total. The second-order valence-electron chi connectivity index (χ2n) is 3.64. The van der Waals surface area contributed by atoms with Gasteiger partial charge in [-0.15, -0.1) is 0 Å². The van der Waals surface area contributed by atoms with Gasteiger partial charge in [-0.25, -0.2) is 8.78 Å². The smallest absolute Gasteiger partial charge is 0.131 e. The van der Waals surface area contributed by atoms with Gasteiger partial charge in [0.05, 0.1) is 0 Å². The van der Waals surface area contributed by atoms with Gasteiger partial charge in [-0.2, -0.15) is 0 Å². The maximum absolute atomic E-state index is 13.6. The molecule has 2 aromatic carbocycles. The van der Waals surface area contributed by atoms with Crippen molar-refractivity contribution in [3.63, 3.8) is 0 Å². The first-order chi connectivity index (χ1) is 7.59. The van der Waals surface area contributed by atoms with Gasteiger partial charge >= 0.3 is 0 Å². The molecule has 0 saturated carbocycles. The predicted octanol–water partition coefficient (Wildman–Crippen LogP) is 3.52. The molecule has 82 valence electrons. The van der Waals surface area contributed by atoms with Crippen molar-refractivity contribution in [1.82, 2.24) is 0 Å². The van der Waals surface area contributed by atoms with Crippen LogP contribution in [0.4, 0.5) is 14.5 Å². The molecular formula is C13H11F2N. The lowest BCUT2D eigenvalue weighted by atomic mass is 9.99. The molecule has 2 aromatic rings. The molecule has 0 atom stereocenters. The zero-order chi connectivity index (χ0) is 11.7. The van der Waals surface area contributed by atoms with Gasteiger partial charge < -0.3 is 5.73 Å². The third-order valence-electron chi connectivity index (χ3n) is 2.59. The average molecular weight is 219 g/mol. The van der Waals surface area contributed by atoms with Crippen LogP contribution in [0.5, 0.6) is 0 Å². The number of anilines is 1. The van der Waals surface area contributed by atoms with Crippen LogP contribution < -0.4 is 5.73 Å². The van der Waals surface area contributed by atoms with Crippen molar-refractivity contribution >= 4 is 5.69 Å². The summed E-state index contributed by atoms with van der Waals surface area (Å²) >= 11 is 0. The maximum Gasteiger partial charge on any atom is 0.131 e. The Morgan fingerprint density at radius 1 is 1.00 bits per heavy atom. The summed E-state index contributed by atoms with van der Waals surface area (Å²) in [6.45, 7) is 1.79. The van der Waals surface area contributed by atoms with E-state index in [0.29, 0.717) is 11.3 Å². The molecule has 0 radical (unpaired) electrons. The summed E-state index contributed by atoms with van der Waals surface area (Å²) in [7, 11) is 0. The average Bonchev–Trinajstić information content (AvgIpc) is 2.26. The van der Waals surface area contributed by atoms with E-state index in [9.17, 15) is 8.78 Å². The Morgan fingerprint density at radius 3 is 2.50 bits per heavy atom. The fraction of sp³-hybridized carbons (Fsp3) is 0.0769. The molecule has 0 spiro atoms. The third-order valence-corrected chi connectivity index (χ3v) is 2.59. The Hall–Kier alpha value is -1.90. The SMILES string of the molecule is Cc1c(N)cccc1-c1cc(F)ccc1F. The summed E-state index contributed by atoms with van der Waals surface area (Å²) in [4.78, 5) is 0. The molecule has 0 aliphatic carbocycles. The monoisotopic (exact) mass is 219 g/mol. The lowest BCUT2D eigenvalue weighted by Crippen LogP contribution is -1.94. The van der Waals surface area contributed by atoms with Crippen LogP contribution in [0.2, 0.25) is 0 Å². The number of benzene rings is 2. The quantitative estimate of drug-likeness (QED) is 0.729. The molecule has 16 heavy (non-hydrogen) atoms. The Balaban J connectivity index is 2.67. The van der Waals surface area contributed by atoms with Crippen LogP contribution in [0.25, 0.3) is 11.1 Å². The van der Waals surface area contributed by atoms with E-state index in [2.05, 4.69) is 0 Å². The largest absolute Gasteiger partial charge is 0.398 e. The summed E-state index contributed by atoms with van der Waals surface area (Å²) in [6, 6.07) is 8.58. The molecule has 0 aromatic heterocycles. The lowest BCUT2D eigenvalue weighted by Gasteiger charge is -2.09. The minimum absolute atomic E-state index is 0.241. The van der Waals surface area contributed by atoms with E-state index in [1.54, 1.807) is 25.1 Å². The highest BCUT2D eigenvalue weighted by Gasteiger charge is 2.09. The molecule has 0 bridgehead atoms. The molecular weight excluding hydrogens is 208 g/mol. The van der Waals surface area contributed by atoms with E-state index in [0.717, 1.165) is 17.7 Å². The number of halogens is 2. The second-order valence-corrected chi connectivity index (χ2v) is 3.64. The first-order valence-corrected chi connectivity index (χ1v) is 4.90. The highest BCUT2D eigenvalue weighted by Crippen LogP contribution is 2.29. The van der Waals surface area contributed by atoms with Gasteiger partial charge in [-0.05, 0) is 42.3 Å². The second kappa shape index (κ2) is 3.93. The summed E-state index contributed by atoms with van der Waals surface area (Å²) in [5.41, 5.74) is 7.92. The van der Waals surface area contributed by atoms with E-state index in [1.165, 1.54) is 6.07 Å². The molecule has 0 heterocycles. The zero-order valence-electron chi connectivity index (χ0n) is 8.80. The van der Waals surface area contributed by atoms with Crippen LogP contribution in [0.1, 0.15) is 5.56 Å². The van der Waals surface area contributed by atoms with Crippen molar-refractivity contribution < 1.29 is 8.78 Å². The summed E-state index contributed by atoms with van der Waals surface area (Å²) < 4.78 is 26.6. The zero-order valence-corrected chi connectivity index (χ0v) is 8.80. The summed E-state index contributed by atoms with van der Waals surface area (Å²) in [5, 5.41) is 0. The molecule has 0 aliphatic heterocycles. The molecule has 0 aliphatic rings. The standard InChI is InChI=1S/C13H11F2N/c1-8-10(3-2-4-13(8)16)11-7-9(14)5-6-12(11)15/h2-7H,16H2,1H3. The van der Waals surface area contributed by atoms with Crippen molar-refractivity contribution in [2.45, 2.75) is 6.92 Å². The number of hydrogen-bond acceptors (Lipinski definition) is 1. The normalized spacial score (nSPS) is 10.4. The van der Waals surface area contributed by atoms with Crippen LogP contribution in [-0.4, -0.2) is 0 Å².